The lowest BCUT2D eigenvalue weighted by Crippen LogP contribution is -2.29. The summed E-state index contributed by atoms with van der Waals surface area (Å²) in [7, 11) is 0. The van der Waals surface area contributed by atoms with E-state index in [1.54, 1.807) is 12.6 Å². The average molecular weight is 155 g/mol. The van der Waals surface area contributed by atoms with Crippen molar-refractivity contribution in [1.29, 1.82) is 0 Å². The van der Waals surface area contributed by atoms with Crippen LogP contribution in [0.4, 0.5) is 0 Å². The fraction of sp³-hybridized carbons (Fsp3) is 0.714. The number of oxime groups is 1. The van der Waals surface area contributed by atoms with Gasteiger partial charge in [0.15, 0.2) is 0 Å². The van der Waals surface area contributed by atoms with Gasteiger partial charge in [-0.15, -0.1) is 0 Å². The normalized spacial score (nSPS) is 23.5. The van der Waals surface area contributed by atoms with E-state index < -0.39 is 0 Å². The molecule has 1 unspecified atom stereocenters. The number of aliphatic imine (C=N–C) groups is 1. The van der Waals surface area contributed by atoms with Crippen molar-refractivity contribution in [2.75, 3.05) is 19.7 Å². The van der Waals surface area contributed by atoms with E-state index in [4.69, 9.17) is 4.84 Å². The SMILES string of the molecule is CCON=CC1CN=CNC1. The van der Waals surface area contributed by atoms with Crippen molar-refractivity contribution >= 4 is 12.6 Å². The zero-order valence-corrected chi connectivity index (χ0v) is 6.66. The van der Waals surface area contributed by atoms with Gasteiger partial charge in [-0.2, -0.15) is 0 Å². The minimum atomic E-state index is 0.381. The standard InChI is InChI=1S/C7H13N3O/c1-2-11-10-5-7-3-8-6-9-4-7/h5-7H,2-4H2,1H3,(H,8,9). The highest BCUT2D eigenvalue weighted by Crippen LogP contribution is 1.95. The first-order chi connectivity index (χ1) is 5.43. The molecule has 0 aliphatic carbocycles. The maximum atomic E-state index is 4.83. The van der Waals surface area contributed by atoms with Gasteiger partial charge in [0, 0.05) is 12.5 Å². The topological polar surface area (TPSA) is 46.0 Å². The third-order valence-corrected chi connectivity index (χ3v) is 1.38. The molecule has 62 valence electrons. The Morgan fingerprint density at radius 2 is 2.82 bits per heavy atom. The summed E-state index contributed by atoms with van der Waals surface area (Å²) in [5, 5.41) is 6.80. The molecule has 0 amide bonds. The fourth-order valence-corrected chi connectivity index (χ4v) is 0.825. The van der Waals surface area contributed by atoms with Crippen molar-refractivity contribution in [2.45, 2.75) is 6.92 Å². The average Bonchev–Trinajstić information content (AvgIpc) is 2.07. The summed E-state index contributed by atoms with van der Waals surface area (Å²) in [5.74, 6) is 0.381. The molecule has 0 bridgehead atoms. The highest BCUT2D eigenvalue weighted by Gasteiger charge is 2.06. The van der Waals surface area contributed by atoms with Crippen molar-refractivity contribution in [2.24, 2.45) is 16.1 Å². The molecular formula is C7H13N3O. The van der Waals surface area contributed by atoms with Crippen LogP contribution in [-0.2, 0) is 4.84 Å². The summed E-state index contributed by atoms with van der Waals surface area (Å²) < 4.78 is 0. The molecule has 0 saturated carbocycles. The van der Waals surface area contributed by atoms with E-state index in [9.17, 15) is 0 Å². The second-order valence-electron chi connectivity index (χ2n) is 2.33. The van der Waals surface area contributed by atoms with Crippen LogP contribution in [0.1, 0.15) is 6.92 Å². The number of nitrogens with one attached hydrogen (secondary N) is 1. The Balaban J connectivity index is 2.20. The minimum Gasteiger partial charge on any atom is -0.396 e. The lowest BCUT2D eigenvalue weighted by Gasteiger charge is -2.12. The summed E-state index contributed by atoms with van der Waals surface area (Å²) in [4.78, 5) is 8.88. The van der Waals surface area contributed by atoms with Crippen LogP contribution in [0, 0.1) is 5.92 Å². The monoisotopic (exact) mass is 155 g/mol. The number of nitrogens with zero attached hydrogens (tertiary/aromatic N) is 2. The zero-order chi connectivity index (χ0) is 7.94. The molecule has 1 rings (SSSR count). The number of hydrogen-bond acceptors (Lipinski definition) is 4. The highest BCUT2D eigenvalue weighted by atomic mass is 16.6. The Kier molecular flexibility index (Phi) is 3.44. The Labute approximate surface area is 66.3 Å². The van der Waals surface area contributed by atoms with Crippen LogP contribution in [0.3, 0.4) is 0 Å². The van der Waals surface area contributed by atoms with E-state index in [0.29, 0.717) is 12.5 Å². The molecule has 1 N–H and O–H groups in total. The largest absolute Gasteiger partial charge is 0.396 e. The maximum absolute atomic E-state index is 4.83. The molecule has 0 fully saturated rings. The van der Waals surface area contributed by atoms with Crippen molar-refractivity contribution in [3.05, 3.63) is 0 Å². The highest BCUT2D eigenvalue weighted by molar-refractivity contribution is 5.64. The van der Waals surface area contributed by atoms with Gasteiger partial charge in [-0.25, -0.2) is 0 Å². The van der Waals surface area contributed by atoms with E-state index in [0.717, 1.165) is 13.1 Å². The summed E-state index contributed by atoms with van der Waals surface area (Å²) >= 11 is 0. The molecule has 1 atom stereocenters. The van der Waals surface area contributed by atoms with Crippen LogP contribution in [0.5, 0.6) is 0 Å². The van der Waals surface area contributed by atoms with Crippen LogP contribution in [-0.4, -0.2) is 32.2 Å². The van der Waals surface area contributed by atoms with Gasteiger partial charge in [-0.1, -0.05) is 5.16 Å². The first-order valence-corrected chi connectivity index (χ1v) is 3.80. The third kappa shape index (κ3) is 3.02. The molecule has 1 aliphatic heterocycles. The molecule has 4 nitrogen and oxygen atoms in total. The molecule has 1 heterocycles. The van der Waals surface area contributed by atoms with Crippen molar-refractivity contribution in [1.82, 2.24) is 5.32 Å². The first kappa shape index (κ1) is 8.04. The van der Waals surface area contributed by atoms with Gasteiger partial charge in [-0.3, -0.25) is 4.99 Å². The first-order valence-electron chi connectivity index (χ1n) is 3.80. The molecule has 0 saturated heterocycles. The van der Waals surface area contributed by atoms with E-state index in [-0.39, 0.29) is 0 Å². The van der Waals surface area contributed by atoms with Gasteiger partial charge >= 0.3 is 0 Å². The van der Waals surface area contributed by atoms with Crippen LogP contribution in [0.15, 0.2) is 10.1 Å². The summed E-state index contributed by atoms with van der Waals surface area (Å²) in [6, 6.07) is 0. The fourth-order valence-electron chi connectivity index (χ4n) is 0.825. The predicted molar refractivity (Wildman–Crippen MR) is 45.0 cm³/mol. The molecule has 4 heteroatoms. The van der Waals surface area contributed by atoms with Crippen LogP contribution < -0.4 is 5.32 Å². The summed E-state index contributed by atoms with van der Waals surface area (Å²) in [6.45, 7) is 4.25. The van der Waals surface area contributed by atoms with Gasteiger partial charge in [0.1, 0.15) is 6.61 Å². The zero-order valence-electron chi connectivity index (χ0n) is 6.66. The smallest absolute Gasteiger partial charge is 0.114 e. The van der Waals surface area contributed by atoms with Gasteiger partial charge in [0.2, 0.25) is 0 Å². The predicted octanol–water partition coefficient (Wildman–Crippen LogP) is 0.256. The van der Waals surface area contributed by atoms with Crippen molar-refractivity contribution in [3.63, 3.8) is 0 Å². The van der Waals surface area contributed by atoms with Crippen LogP contribution in [0.25, 0.3) is 0 Å². The lowest BCUT2D eigenvalue weighted by atomic mass is 10.1. The van der Waals surface area contributed by atoms with Crippen LogP contribution >= 0.6 is 0 Å². The van der Waals surface area contributed by atoms with E-state index in [2.05, 4.69) is 15.5 Å². The van der Waals surface area contributed by atoms with E-state index in [1.165, 1.54) is 0 Å². The number of hydrogen-bond donors (Lipinski definition) is 1. The molecule has 11 heavy (non-hydrogen) atoms. The Morgan fingerprint density at radius 1 is 1.91 bits per heavy atom. The molecule has 0 aromatic carbocycles. The Bertz CT molecular complexity index is 156. The summed E-state index contributed by atoms with van der Waals surface area (Å²) in [5.41, 5.74) is 0. The van der Waals surface area contributed by atoms with Crippen molar-refractivity contribution in [3.8, 4) is 0 Å². The molecule has 0 radical (unpaired) electrons. The van der Waals surface area contributed by atoms with Gasteiger partial charge in [-0.05, 0) is 6.92 Å². The lowest BCUT2D eigenvalue weighted by molar-refractivity contribution is 0.159. The quantitative estimate of drug-likeness (QED) is 0.469. The van der Waals surface area contributed by atoms with Crippen LogP contribution in [0.2, 0.25) is 0 Å². The van der Waals surface area contributed by atoms with Gasteiger partial charge in [0.25, 0.3) is 0 Å². The minimum absolute atomic E-state index is 0.381. The molecule has 0 aromatic rings. The van der Waals surface area contributed by atoms with E-state index in [1.807, 2.05) is 6.92 Å². The molecule has 0 aromatic heterocycles. The second-order valence-corrected chi connectivity index (χ2v) is 2.33. The van der Waals surface area contributed by atoms with E-state index >= 15 is 0 Å². The maximum Gasteiger partial charge on any atom is 0.114 e. The molecular weight excluding hydrogens is 142 g/mol. The third-order valence-electron chi connectivity index (χ3n) is 1.38. The second kappa shape index (κ2) is 4.71. The molecule has 1 aliphatic rings. The Morgan fingerprint density at radius 3 is 3.45 bits per heavy atom. The van der Waals surface area contributed by atoms with Crippen molar-refractivity contribution < 1.29 is 4.84 Å². The Hall–Kier alpha value is -1.06. The number of rotatable bonds is 3. The molecule has 0 spiro atoms. The summed E-state index contributed by atoms with van der Waals surface area (Å²) in [6.07, 6.45) is 3.53. The van der Waals surface area contributed by atoms with Gasteiger partial charge < -0.3 is 10.2 Å². The van der Waals surface area contributed by atoms with Gasteiger partial charge in [0.05, 0.1) is 19.1 Å².